The van der Waals surface area contributed by atoms with Crippen LogP contribution in [0.15, 0.2) is 46.9 Å². The lowest BCUT2D eigenvalue weighted by atomic mass is 10.1. The van der Waals surface area contributed by atoms with Crippen molar-refractivity contribution in [1.29, 1.82) is 0 Å². The van der Waals surface area contributed by atoms with Crippen LogP contribution in [0.3, 0.4) is 0 Å². The molecular formula is C18H15BrN4O2S. The van der Waals surface area contributed by atoms with Crippen LogP contribution < -0.4 is 9.47 Å². The van der Waals surface area contributed by atoms with Gasteiger partial charge in [0.15, 0.2) is 17.3 Å². The molecule has 0 fully saturated rings. The number of rotatable bonds is 5. The van der Waals surface area contributed by atoms with Crippen LogP contribution in [0, 0.1) is 0 Å². The lowest BCUT2D eigenvalue weighted by Gasteiger charge is -2.08. The summed E-state index contributed by atoms with van der Waals surface area (Å²) in [6, 6.07) is 13.9. The number of halogens is 1. The zero-order valence-electron chi connectivity index (χ0n) is 14.1. The van der Waals surface area contributed by atoms with Crippen LogP contribution in [0.25, 0.3) is 15.5 Å². The highest BCUT2D eigenvalue weighted by molar-refractivity contribution is 9.10. The zero-order valence-corrected chi connectivity index (χ0v) is 16.5. The summed E-state index contributed by atoms with van der Waals surface area (Å²) in [6.45, 7) is 0. The monoisotopic (exact) mass is 430 g/mol. The van der Waals surface area contributed by atoms with Gasteiger partial charge in [-0.3, -0.25) is 0 Å². The van der Waals surface area contributed by atoms with E-state index in [0.717, 1.165) is 31.4 Å². The highest BCUT2D eigenvalue weighted by atomic mass is 79.9. The standard InChI is InChI=1S/C18H15BrN4O2S/c1-24-14-7-6-11(8-15(14)25-2)9-16-20-21-18-23(16)22-17(26-18)12-4-3-5-13(19)10-12/h3-8,10H,9H2,1-2H3. The number of ether oxygens (including phenoxy) is 2. The van der Waals surface area contributed by atoms with E-state index in [1.807, 2.05) is 42.5 Å². The predicted octanol–water partition coefficient (Wildman–Crippen LogP) is 4.22. The number of fused-ring (bicyclic) bond motifs is 1. The molecule has 0 unspecified atom stereocenters. The van der Waals surface area contributed by atoms with Crippen LogP contribution in [0.4, 0.5) is 0 Å². The van der Waals surface area contributed by atoms with Crippen molar-refractivity contribution in [3.8, 4) is 22.1 Å². The Morgan fingerprint density at radius 2 is 1.88 bits per heavy atom. The molecule has 2 aromatic carbocycles. The van der Waals surface area contributed by atoms with E-state index in [1.165, 1.54) is 11.3 Å². The average Bonchev–Trinajstić information content (AvgIpc) is 3.23. The van der Waals surface area contributed by atoms with Crippen LogP contribution in [0.5, 0.6) is 11.5 Å². The van der Waals surface area contributed by atoms with Gasteiger partial charge >= 0.3 is 0 Å². The molecule has 0 aliphatic carbocycles. The third-order valence-electron chi connectivity index (χ3n) is 3.94. The highest BCUT2D eigenvalue weighted by Crippen LogP contribution is 2.30. The number of methoxy groups -OCH3 is 2. The number of hydrogen-bond acceptors (Lipinski definition) is 6. The van der Waals surface area contributed by atoms with Crippen LogP contribution in [-0.2, 0) is 6.42 Å². The molecule has 6 nitrogen and oxygen atoms in total. The normalized spacial score (nSPS) is 11.0. The van der Waals surface area contributed by atoms with Gasteiger partial charge in [0.25, 0.3) is 0 Å². The molecule has 26 heavy (non-hydrogen) atoms. The van der Waals surface area contributed by atoms with Crippen molar-refractivity contribution < 1.29 is 9.47 Å². The molecule has 0 radical (unpaired) electrons. The zero-order chi connectivity index (χ0) is 18.1. The van der Waals surface area contributed by atoms with Crippen molar-refractivity contribution in [2.45, 2.75) is 6.42 Å². The first kappa shape index (κ1) is 17.0. The molecule has 0 saturated carbocycles. The molecule has 0 aliphatic rings. The summed E-state index contributed by atoms with van der Waals surface area (Å²) >= 11 is 5.01. The second kappa shape index (κ2) is 7.05. The van der Waals surface area contributed by atoms with Crippen molar-refractivity contribution in [1.82, 2.24) is 19.8 Å². The molecule has 0 N–H and O–H groups in total. The maximum atomic E-state index is 5.37. The van der Waals surface area contributed by atoms with E-state index in [2.05, 4.69) is 31.2 Å². The highest BCUT2D eigenvalue weighted by Gasteiger charge is 2.14. The molecule has 0 aliphatic heterocycles. The van der Waals surface area contributed by atoms with Crippen molar-refractivity contribution in [2.24, 2.45) is 0 Å². The fourth-order valence-corrected chi connectivity index (χ4v) is 3.93. The second-order valence-corrected chi connectivity index (χ2v) is 7.47. The summed E-state index contributed by atoms with van der Waals surface area (Å²) in [7, 11) is 3.25. The summed E-state index contributed by atoms with van der Waals surface area (Å²) in [6.07, 6.45) is 0.600. The summed E-state index contributed by atoms with van der Waals surface area (Å²) < 4.78 is 13.5. The minimum absolute atomic E-state index is 0.600. The fraction of sp³-hybridized carbons (Fsp3) is 0.167. The first-order valence-corrected chi connectivity index (χ1v) is 9.47. The predicted molar refractivity (Wildman–Crippen MR) is 104 cm³/mol. The van der Waals surface area contributed by atoms with E-state index >= 15 is 0 Å². The Morgan fingerprint density at radius 1 is 1.04 bits per heavy atom. The summed E-state index contributed by atoms with van der Waals surface area (Å²) in [4.78, 5) is 0.774. The van der Waals surface area contributed by atoms with Gasteiger partial charge in [-0.25, -0.2) is 0 Å². The molecule has 4 aromatic rings. The molecule has 0 atom stereocenters. The van der Waals surface area contributed by atoms with Crippen LogP contribution >= 0.6 is 27.3 Å². The Balaban J connectivity index is 1.67. The SMILES string of the molecule is COc1ccc(Cc2nnc3sc(-c4cccc(Br)c4)nn23)cc1OC. The van der Waals surface area contributed by atoms with Gasteiger partial charge in [-0.2, -0.15) is 9.61 Å². The van der Waals surface area contributed by atoms with E-state index < -0.39 is 0 Å². The van der Waals surface area contributed by atoms with Gasteiger partial charge in [0.2, 0.25) is 4.96 Å². The molecule has 2 heterocycles. The fourth-order valence-electron chi connectivity index (χ4n) is 2.68. The maximum Gasteiger partial charge on any atom is 0.234 e. The van der Waals surface area contributed by atoms with Gasteiger partial charge in [0, 0.05) is 16.5 Å². The quantitative estimate of drug-likeness (QED) is 0.474. The minimum atomic E-state index is 0.600. The first-order valence-electron chi connectivity index (χ1n) is 7.86. The molecule has 132 valence electrons. The van der Waals surface area contributed by atoms with Crippen molar-refractivity contribution in [3.05, 3.63) is 58.3 Å². The van der Waals surface area contributed by atoms with Gasteiger partial charge in [-0.05, 0) is 29.8 Å². The maximum absolute atomic E-state index is 5.37. The van der Waals surface area contributed by atoms with E-state index in [0.29, 0.717) is 17.9 Å². The Morgan fingerprint density at radius 3 is 2.65 bits per heavy atom. The Labute approximate surface area is 162 Å². The van der Waals surface area contributed by atoms with Gasteiger partial charge in [0.05, 0.1) is 14.2 Å². The molecular weight excluding hydrogens is 416 g/mol. The number of benzene rings is 2. The third kappa shape index (κ3) is 3.17. The Kier molecular flexibility index (Phi) is 4.60. The summed E-state index contributed by atoms with van der Waals surface area (Å²) in [5, 5.41) is 14.1. The van der Waals surface area contributed by atoms with Crippen molar-refractivity contribution >= 4 is 32.2 Å². The smallest absolute Gasteiger partial charge is 0.234 e. The molecule has 2 aromatic heterocycles. The van der Waals surface area contributed by atoms with E-state index in [-0.39, 0.29) is 0 Å². The summed E-state index contributed by atoms with van der Waals surface area (Å²) in [5.41, 5.74) is 2.10. The number of hydrogen-bond donors (Lipinski definition) is 0. The van der Waals surface area contributed by atoms with E-state index in [4.69, 9.17) is 9.47 Å². The largest absolute Gasteiger partial charge is 0.493 e. The minimum Gasteiger partial charge on any atom is -0.493 e. The second-order valence-electron chi connectivity index (χ2n) is 5.59. The van der Waals surface area contributed by atoms with E-state index in [1.54, 1.807) is 18.7 Å². The first-order chi connectivity index (χ1) is 12.7. The van der Waals surface area contributed by atoms with Crippen LogP contribution in [0.2, 0.25) is 0 Å². The van der Waals surface area contributed by atoms with Gasteiger partial charge in [0.1, 0.15) is 5.01 Å². The molecule has 0 saturated heterocycles. The molecule has 8 heteroatoms. The topological polar surface area (TPSA) is 61.5 Å². The van der Waals surface area contributed by atoms with Crippen LogP contribution in [-0.4, -0.2) is 34.0 Å². The van der Waals surface area contributed by atoms with Gasteiger partial charge in [-0.15, -0.1) is 10.2 Å². The lowest BCUT2D eigenvalue weighted by molar-refractivity contribution is 0.354. The third-order valence-corrected chi connectivity index (χ3v) is 5.38. The average molecular weight is 431 g/mol. The van der Waals surface area contributed by atoms with Gasteiger partial charge < -0.3 is 9.47 Å². The molecule has 0 bridgehead atoms. The number of aromatic nitrogens is 4. The molecule has 0 spiro atoms. The molecule has 0 amide bonds. The van der Waals surface area contributed by atoms with Crippen molar-refractivity contribution in [3.63, 3.8) is 0 Å². The van der Waals surface area contributed by atoms with Crippen LogP contribution in [0.1, 0.15) is 11.4 Å². The lowest BCUT2D eigenvalue weighted by Crippen LogP contribution is -1.99. The summed E-state index contributed by atoms with van der Waals surface area (Å²) in [5.74, 6) is 2.18. The van der Waals surface area contributed by atoms with E-state index in [9.17, 15) is 0 Å². The Bertz CT molecular complexity index is 1080. The number of nitrogens with zero attached hydrogens (tertiary/aromatic N) is 4. The van der Waals surface area contributed by atoms with Gasteiger partial charge in [-0.1, -0.05) is 45.5 Å². The Hall–Kier alpha value is -2.45. The van der Waals surface area contributed by atoms with Crippen molar-refractivity contribution in [2.75, 3.05) is 14.2 Å². The molecule has 4 rings (SSSR count).